The van der Waals surface area contributed by atoms with Crippen LogP contribution in [0.15, 0.2) is 23.2 Å². The highest BCUT2D eigenvalue weighted by Gasteiger charge is 2.09. The van der Waals surface area contributed by atoms with E-state index in [9.17, 15) is 0 Å². The lowest BCUT2D eigenvalue weighted by Gasteiger charge is -2.20. The van der Waals surface area contributed by atoms with Gasteiger partial charge in [-0.05, 0) is 37.5 Å². The molecule has 3 N–H and O–H groups in total. The molecule has 6 nitrogen and oxygen atoms in total. The van der Waals surface area contributed by atoms with Crippen molar-refractivity contribution in [1.82, 2.24) is 10.6 Å². The van der Waals surface area contributed by atoms with E-state index in [-0.39, 0.29) is 13.2 Å². The van der Waals surface area contributed by atoms with Crippen LogP contribution in [0.25, 0.3) is 0 Å². The van der Waals surface area contributed by atoms with E-state index in [1.165, 1.54) is 0 Å². The van der Waals surface area contributed by atoms with E-state index in [0.29, 0.717) is 30.0 Å². The van der Waals surface area contributed by atoms with Crippen molar-refractivity contribution in [3.8, 4) is 11.5 Å². The number of nitrogens with one attached hydrogen (secondary N) is 2. The Kier molecular flexibility index (Phi) is 9.01. The number of aliphatic imine (C=N–C) groups is 1. The lowest BCUT2D eigenvalue weighted by molar-refractivity contribution is 0.196. The summed E-state index contributed by atoms with van der Waals surface area (Å²) in [4.78, 5) is 4.63. The fraction of sp³-hybridized carbons (Fsp3) is 0.611. The number of nitrogens with zero attached hydrogens (tertiary/aromatic N) is 1. The summed E-state index contributed by atoms with van der Waals surface area (Å²) >= 11 is 0. The van der Waals surface area contributed by atoms with Gasteiger partial charge in [0.2, 0.25) is 0 Å². The van der Waals surface area contributed by atoms with Gasteiger partial charge in [-0.2, -0.15) is 0 Å². The first-order chi connectivity index (χ1) is 11.5. The highest BCUT2D eigenvalue weighted by molar-refractivity contribution is 5.80. The van der Waals surface area contributed by atoms with E-state index in [1.807, 2.05) is 25.1 Å². The van der Waals surface area contributed by atoms with E-state index in [0.717, 1.165) is 18.1 Å². The van der Waals surface area contributed by atoms with Gasteiger partial charge in [0.1, 0.15) is 6.61 Å². The zero-order valence-corrected chi connectivity index (χ0v) is 15.4. The predicted molar refractivity (Wildman–Crippen MR) is 97.8 cm³/mol. The molecule has 0 amide bonds. The molecule has 0 heterocycles. The molecule has 136 valence electrons. The number of aliphatic hydroxyl groups excluding tert-OH is 1. The fourth-order valence-electron chi connectivity index (χ4n) is 1.96. The van der Waals surface area contributed by atoms with Crippen LogP contribution >= 0.6 is 0 Å². The molecule has 1 unspecified atom stereocenters. The van der Waals surface area contributed by atoms with Crippen molar-refractivity contribution < 1.29 is 14.6 Å². The van der Waals surface area contributed by atoms with Crippen LogP contribution in [-0.2, 0) is 6.54 Å². The van der Waals surface area contributed by atoms with Gasteiger partial charge in [0.15, 0.2) is 17.5 Å². The van der Waals surface area contributed by atoms with Crippen LogP contribution in [0.4, 0.5) is 0 Å². The Hall–Kier alpha value is -1.95. The van der Waals surface area contributed by atoms with Crippen LogP contribution in [0, 0.1) is 5.92 Å². The first-order valence-electron chi connectivity index (χ1n) is 8.47. The third-order valence-electron chi connectivity index (χ3n) is 3.71. The molecule has 0 aliphatic carbocycles. The topological polar surface area (TPSA) is 75.1 Å². The number of methoxy groups -OCH3 is 1. The van der Waals surface area contributed by atoms with Gasteiger partial charge >= 0.3 is 0 Å². The van der Waals surface area contributed by atoms with E-state index in [1.54, 1.807) is 7.11 Å². The van der Waals surface area contributed by atoms with Crippen LogP contribution in [-0.4, -0.2) is 44.0 Å². The monoisotopic (exact) mass is 337 g/mol. The molecule has 0 saturated carbocycles. The number of hydrogen-bond donors (Lipinski definition) is 3. The summed E-state index contributed by atoms with van der Waals surface area (Å²) < 4.78 is 10.8. The Morgan fingerprint density at radius 1 is 1.25 bits per heavy atom. The van der Waals surface area contributed by atoms with Crippen molar-refractivity contribution in [3.63, 3.8) is 0 Å². The summed E-state index contributed by atoms with van der Waals surface area (Å²) in [5.41, 5.74) is 1.03. The smallest absolute Gasteiger partial charge is 0.191 e. The summed E-state index contributed by atoms with van der Waals surface area (Å²) in [5, 5.41) is 15.5. The van der Waals surface area contributed by atoms with Crippen molar-refractivity contribution in [2.75, 3.05) is 26.9 Å². The molecule has 0 aliphatic heterocycles. The van der Waals surface area contributed by atoms with Gasteiger partial charge in [-0.1, -0.05) is 19.9 Å². The molecule has 6 heteroatoms. The highest BCUT2D eigenvalue weighted by Crippen LogP contribution is 2.28. The second-order valence-electron chi connectivity index (χ2n) is 5.93. The van der Waals surface area contributed by atoms with Crippen molar-refractivity contribution in [2.24, 2.45) is 10.9 Å². The van der Waals surface area contributed by atoms with Gasteiger partial charge in [-0.3, -0.25) is 0 Å². The molecule has 0 radical (unpaired) electrons. The van der Waals surface area contributed by atoms with Crippen LogP contribution < -0.4 is 20.1 Å². The lowest BCUT2D eigenvalue weighted by Crippen LogP contribution is -2.44. The molecule has 0 aromatic heterocycles. The molecular weight excluding hydrogens is 306 g/mol. The van der Waals surface area contributed by atoms with E-state index in [2.05, 4.69) is 36.4 Å². The standard InChI is InChI=1S/C18H31N3O3/c1-6-19-18(21-14(4)13(2)3)20-12-15-7-8-16(24-10-9-22)17(11-15)23-5/h7-8,11,13-14,22H,6,9-10,12H2,1-5H3,(H2,19,20,21). The van der Waals surface area contributed by atoms with Gasteiger partial charge < -0.3 is 25.2 Å². The summed E-state index contributed by atoms with van der Waals surface area (Å²) in [5.74, 6) is 2.59. The highest BCUT2D eigenvalue weighted by atomic mass is 16.5. The van der Waals surface area contributed by atoms with Crippen molar-refractivity contribution in [1.29, 1.82) is 0 Å². The van der Waals surface area contributed by atoms with Crippen molar-refractivity contribution >= 4 is 5.96 Å². The molecule has 1 aromatic carbocycles. The summed E-state index contributed by atoms with van der Waals surface area (Å²) in [6.07, 6.45) is 0. The van der Waals surface area contributed by atoms with Gasteiger partial charge in [0, 0.05) is 12.6 Å². The van der Waals surface area contributed by atoms with E-state index in [4.69, 9.17) is 14.6 Å². The molecule has 0 aliphatic rings. The number of hydrogen-bond acceptors (Lipinski definition) is 4. The van der Waals surface area contributed by atoms with Crippen LogP contribution in [0.5, 0.6) is 11.5 Å². The Bertz CT molecular complexity index is 518. The Morgan fingerprint density at radius 2 is 2.00 bits per heavy atom. The first-order valence-corrected chi connectivity index (χ1v) is 8.47. The quantitative estimate of drug-likeness (QED) is 0.476. The lowest BCUT2D eigenvalue weighted by atomic mass is 10.1. The number of aliphatic hydroxyl groups is 1. The van der Waals surface area contributed by atoms with Crippen LogP contribution in [0.2, 0.25) is 0 Å². The Labute approximate surface area is 145 Å². The maximum Gasteiger partial charge on any atom is 0.191 e. The van der Waals surface area contributed by atoms with E-state index < -0.39 is 0 Å². The molecular formula is C18H31N3O3. The third kappa shape index (κ3) is 6.66. The second kappa shape index (κ2) is 10.8. The summed E-state index contributed by atoms with van der Waals surface area (Å²) in [7, 11) is 1.60. The van der Waals surface area contributed by atoms with Gasteiger partial charge in [-0.25, -0.2) is 4.99 Å². The molecule has 0 saturated heterocycles. The summed E-state index contributed by atoms with van der Waals surface area (Å²) in [6, 6.07) is 6.04. The SMILES string of the molecule is CCNC(=NCc1ccc(OCCO)c(OC)c1)NC(C)C(C)C. The number of ether oxygens (including phenoxy) is 2. The van der Waals surface area contributed by atoms with Crippen molar-refractivity contribution in [3.05, 3.63) is 23.8 Å². The van der Waals surface area contributed by atoms with Crippen LogP contribution in [0.1, 0.15) is 33.3 Å². The molecule has 0 spiro atoms. The normalized spacial score (nSPS) is 12.9. The van der Waals surface area contributed by atoms with Gasteiger partial charge in [-0.15, -0.1) is 0 Å². The van der Waals surface area contributed by atoms with Gasteiger partial charge in [0.25, 0.3) is 0 Å². The maximum atomic E-state index is 8.85. The van der Waals surface area contributed by atoms with E-state index >= 15 is 0 Å². The maximum absolute atomic E-state index is 8.85. The molecule has 24 heavy (non-hydrogen) atoms. The number of benzene rings is 1. The average Bonchev–Trinajstić information content (AvgIpc) is 2.58. The van der Waals surface area contributed by atoms with Crippen molar-refractivity contribution in [2.45, 2.75) is 40.3 Å². The molecule has 0 bridgehead atoms. The Morgan fingerprint density at radius 3 is 2.58 bits per heavy atom. The number of rotatable bonds is 9. The molecule has 1 aromatic rings. The molecule has 1 rings (SSSR count). The predicted octanol–water partition coefficient (Wildman–Crippen LogP) is 2.17. The third-order valence-corrected chi connectivity index (χ3v) is 3.71. The minimum atomic E-state index is -0.0268. The summed E-state index contributed by atoms with van der Waals surface area (Å²) in [6.45, 7) is 10.1. The largest absolute Gasteiger partial charge is 0.493 e. The Balaban J connectivity index is 2.81. The fourth-order valence-corrected chi connectivity index (χ4v) is 1.96. The zero-order valence-electron chi connectivity index (χ0n) is 15.4. The minimum absolute atomic E-state index is 0.0268. The van der Waals surface area contributed by atoms with Gasteiger partial charge in [0.05, 0.1) is 20.3 Å². The van der Waals surface area contributed by atoms with Crippen LogP contribution in [0.3, 0.4) is 0 Å². The molecule has 1 atom stereocenters. The molecule has 0 fully saturated rings. The average molecular weight is 337 g/mol. The second-order valence-corrected chi connectivity index (χ2v) is 5.93. The zero-order chi connectivity index (χ0) is 17.9. The first kappa shape index (κ1) is 20.1. The minimum Gasteiger partial charge on any atom is -0.493 e. The number of guanidine groups is 1.